The monoisotopic (exact) mass is 470 g/mol. The van der Waals surface area contributed by atoms with Crippen molar-refractivity contribution in [2.45, 2.75) is 33.1 Å². The standard InChI is InChI=1S/C16H30N4O2S.HI/c1-13-14(2)23-15(20-13)7-9-19-16(17-3)18-8-5-6-10-22-12-11-21-4;/h5-12H2,1-4H3,(H2,17,18,19);1H. The third kappa shape index (κ3) is 10.4. The number of nitrogens with zero attached hydrogens (tertiary/aromatic N) is 2. The lowest BCUT2D eigenvalue weighted by Crippen LogP contribution is -2.38. The van der Waals surface area contributed by atoms with Gasteiger partial charge in [-0.15, -0.1) is 35.3 Å². The van der Waals surface area contributed by atoms with Crippen LogP contribution in [0, 0.1) is 13.8 Å². The second kappa shape index (κ2) is 14.9. The summed E-state index contributed by atoms with van der Waals surface area (Å²) < 4.78 is 10.4. The number of guanidine groups is 1. The zero-order chi connectivity index (χ0) is 16.9. The molecule has 0 saturated carbocycles. The SMILES string of the molecule is CN=C(NCCCCOCCOC)NCCc1nc(C)c(C)s1.I. The van der Waals surface area contributed by atoms with Gasteiger partial charge in [0.2, 0.25) is 0 Å². The molecule has 0 aliphatic rings. The second-order valence-electron chi connectivity index (χ2n) is 5.24. The first kappa shape index (κ1) is 23.5. The Morgan fingerprint density at radius 2 is 1.88 bits per heavy atom. The van der Waals surface area contributed by atoms with Crippen LogP contribution in [-0.4, -0.2) is 58.0 Å². The number of aryl methyl sites for hydroxylation is 2. The minimum atomic E-state index is 0. The van der Waals surface area contributed by atoms with E-state index in [2.05, 4.69) is 34.5 Å². The van der Waals surface area contributed by atoms with Crippen molar-refractivity contribution in [3.05, 3.63) is 15.6 Å². The second-order valence-corrected chi connectivity index (χ2v) is 6.52. The predicted octanol–water partition coefficient (Wildman–Crippen LogP) is 2.53. The maximum atomic E-state index is 5.43. The van der Waals surface area contributed by atoms with Gasteiger partial charge in [-0.05, 0) is 26.7 Å². The van der Waals surface area contributed by atoms with E-state index in [0.29, 0.717) is 13.2 Å². The summed E-state index contributed by atoms with van der Waals surface area (Å²) in [4.78, 5) is 10.1. The molecule has 2 N–H and O–H groups in total. The van der Waals surface area contributed by atoms with Crippen molar-refractivity contribution in [3.8, 4) is 0 Å². The number of thiazole rings is 1. The summed E-state index contributed by atoms with van der Waals surface area (Å²) in [5.74, 6) is 0.843. The fourth-order valence-electron chi connectivity index (χ4n) is 1.93. The highest BCUT2D eigenvalue weighted by Gasteiger charge is 2.04. The first-order valence-corrected chi connectivity index (χ1v) is 8.93. The van der Waals surface area contributed by atoms with Gasteiger partial charge in [0.1, 0.15) is 0 Å². The van der Waals surface area contributed by atoms with Crippen LogP contribution < -0.4 is 10.6 Å². The molecule has 8 heteroatoms. The smallest absolute Gasteiger partial charge is 0.190 e. The predicted molar refractivity (Wildman–Crippen MR) is 112 cm³/mol. The van der Waals surface area contributed by atoms with Crippen LogP contribution in [0.2, 0.25) is 0 Å². The summed E-state index contributed by atoms with van der Waals surface area (Å²) in [5, 5.41) is 7.82. The summed E-state index contributed by atoms with van der Waals surface area (Å²) in [7, 11) is 3.48. The minimum absolute atomic E-state index is 0. The van der Waals surface area contributed by atoms with Gasteiger partial charge in [-0.25, -0.2) is 4.98 Å². The van der Waals surface area contributed by atoms with Gasteiger partial charge in [0.05, 0.1) is 23.9 Å². The summed E-state index contributed by atoms with van der Waals surface area (Å²) in [6.45, 7) is 8.01. The van der Waals surface area contributed by atoms with Gasteiger partial charge >= 0.3 is 0 Å². The van der Waals surface area contributed by atoms with Crippen LogP contribution >= 0.6 is 35.3 Å². The van der Waals surface area contributed by atoms with Crippen LogP contribution in [0.4, 0.5) is 0 Å². The number of hydrogen-bond acceptors (Lipinski definition) is 5. The molecule has 0 bridgehead atoms. The number of halogens is 1. The Balaban J connectivity index is 0.00000529. The fourth-order valence-corrected chi connectivity index (χ4v) is 2.87. The molecule has 0 radical (unpaired) electrons. The lowest BCUT2D eigenvalue weighted by atomic mass is 10.3. The summed E-state index contributed by atoms with van der Waals surface area (Å²) in [6.07, 6.45) is 3.01. The van der Waals surface area contributed by atoms with Gasteiger partial charge in [-0.1, -0.05) is 0 Å². The molecule has 24 heavy (non-hydrogen) atoms. The van der Waals surface area contributed by atoms with Crippen molar-refractivity contribution in [1.29, 1.82) is 0 Å². The fraction of sp³-hybridized carbons (Fsp3) is 0.750. The molecule has 1 rings (SSSR count). The molecule has 0 atom stereocenters. The van der Waals surface area contributed by atoms with E-state index in [-0.39, 0.29) is 24.0 Å². The van der Waals surface area contributed by atoms with Crippen LogP contribution in [0.25, 0.3) is 0 Å². The largest absolute Gasteiger partial charge is 0.382 e. The van der Waals surface area contributed by atoms with E-state index in [1.54, 1.807) is 25.5 Å². The Bertz CT molecular complexity index is 449. The molecule has 1 aromatic heterocycles. The Labute approximate surface area is 166 Å². The number of nitrogens with one attached hydrogen (secondary N) is 2. The quantitative estimate of drug-likeness (QED) is 0.225. The number of ether oxygens (including phenoxy) is 2. The Hall–Kier alpha value is -0.450. The third-order valence-corrected chi connectivity index (χ3v) is 4.50. The molecule has 0 fully saturated rings. The Morgan fingerprint density at radius 3 is 2.50 bits per heavy atom. The molecular formula is C16H31IN4O2S. The number of aromatic nitrogens is 1. The van der Waals surface area contributed by atoms with Crippen LogP contribution in [0.15, 0.2) is 4.99 Å². The van der Waals surface area contributed by atoms with Crippen LogP contribution in [-0.2, 0) is 15.9 Å². The normalized spacial score (nSPS) is 11.2. The molecule has 0 aromatic carbocycles. The van der Waals surface area contributed by atoms with E-state index in [4.69, 9.17) is 9.47 Å². The highest BCUT2D eigenvalue weighted by atomic mass is 127. The maximum absolute atomic E-state index is 5.43. The molecule has 1 aromatic rings. The van der Waals surface area contributed by atoms with Crippen molar-refractivity contribution in [1.82, 2.24) is 15.6 Å². The van der Waals surface area contributed by atoms with Crippen molar-refractivity contribution in [2.24, 2.45) is 4.99 Å². The number of unbranched alkanes of at least 4 members (excludes halogenated alkanes) is 1. The van der Waals surface area contributed by atoms with Gasteiger partial charge < -0.3 is 20.1 Å². The van der Waals surface area contributed by atoms with Crippen molar-refractivity contribution in [2.75, 3.05) is 47.1 Å². The highest BCUT2D eigenvalue weighted by Crippen LogP contribution is 2.16. The van der Waals surface area contributed by atoms with Gasteiger partial charge in [-0.2, -0.15) is 0 Å². The van der Waals surface area contributed by atoms with Crippen molar-refractivity contribution >= 4 is 41.3 Å². The van der Waals surface area contributed by atoms with Crippen LogP contribution in [0.3, 0.4) is 0 Å². The molecule has 0 aliphatic heterocycles. The molecule has 1 heterocycles. The summed E-state index contributed by atoms with van der Waals surface area (Å²) in [6, 6.07) is 0. The van der Waals surface area contributed by atoms with E-state index in [1.165, 1.54) is 9.88 Å². The third-order valence-electron chi connectivity index (χ3n) is 3.37. The topological polar surface area (TPSA) is 67.8 Å². The van der Waals surface area contributed by atoms with E-state index >= 15 is 0 Å². The minimum Gasteiger partial charge on any atom is -0.382 e. The molecule has 0 amide bonds. The van der Waals surface area contributed by atoms with E-state index in [1.807, 2.05) is 0 Å². The summed E-state index contributed by atoms with van der Waals surface area (Å²) in [5.41, 5.74) is 1.14. The Kier molecular flexibility index (Phi) is 14.6. The molecule has 0 aliphatic carbocycles. The number of rotatable bonds is 11. The lowest BCUT2D eigenvalue weighted by molar-refractivity contribution is 0.0689. The highest BCUT2D eigenvalue weighted by molar-refractivity contribution is 14.0. The van der Waals surface area contributed by atoms with E-state index < -0.39 is 0 Å². The molecule has 6 nitrogen and oxygen atoms in total. The van der Waals surface area contributed by atoms with Gasteiger partial charge in [-0.3, -0.25) is 4.99 Å². The zero-order valence-corrected chi connectivity index (χ0v) is 18.3. The lowest BCUT2D eigenvalue weighted by Gasteiger charge is -2.11. The van der Waals surface area contributed by atoms with E-state index in [9.17, 15) is 0 Å². The Morgan fingerprint density at radius 1 is 1.12 bits per heavy atom. The number of methoxy groups -OCH3 is 1. The van der Waals surface area contributed by atoms with Crippen molar-refractivity contribution in [3.63, 3.8) is 0 Å². The molecule has 0 spiro atoms. The first-order valence-electron chi connectivity index (χ1n) is 8.11. The van der Waals surface area contributed by atoms with E-state index in [0.717, 1.165) is 50.6 Å². The molecule has 0 saturated heterocycles. The first-order chi connectivity index (χ1) is 11.2. The summed E-state index contributed by atoms with van der Waals surface area (Å²) >= 11 is 1.77. The number of hydrogen-bond donors (Lipinski definition) is 2. The van der Waals surface area contributed by atoms with Crippen LogP contribution in [0.1, 0.15) is 28.4 Å². The number of aliphatic imine (C=N–C) groups is 1. The van der Waals surface area contributed by atoms with Crippen molar-refractivity contribution < 1.29 is 9.47 Å². The molecule has 0 unspecified atom stereocenters. The average molecular weight is 470 g/mol. The average Bonchev–Trinajstić information content (AvgIpc) is 2.86. The van der Waals surface area contributed by atoms with Gasteiger partial charge in [0.25, 0.3) is 0 Å². The zero-order valence-electron chi connectivity index (χ0n) is 15.2. The molecule has 140 valence electrons. The van der Waals surface area contributed by atoms with Crippen LogP contribution in [0.5, 0.6) is 0 Å². The molecular weight excluding hydrogens is 439 g/mol. The van der Waals surface area contributed by atoms with Gasteiger partial charge in [0.15, 0.2) is 5.96 Å². The maximum Gasteiger partial charge on any atom is 0.190 e. The van der Waals surface area contributed by atoms with Gasteiger partial charge in [0, 0.05) is 45.2 Å².